The normalized spacial score (nSPS) is 11.1. The number of thioether (sulfide) groups is 1. The lowest BCUT2D eigenvalue weighted by Crippen LogP contribution is -2.05. The van der Waals surface area contributed by atoms with Gasteiger partial charge in [0, 0.05) is 6.54 Å². The van der Waals surface area contributed by atoms with Gasteiger partial charge >= 0.3 is 0 Å². The zero-order valence-electron chi connectivity index (χ0n) is 11.0. The Morgan fingerprint density at radius 2 is 2.35 bits per heavy atom. The van der Waals surface area contributed by atoms with E-state index in [1.807, 2.05) is 5.38 Å². The summed E-state index contributed by atoms with van der Waals surface area (Å²) in [5.41, 5.74) is 0. The summed E-state index contributed by atoms with van der Waals surface area (Å²) in [5, 5.41) is 7.14. The third-order valence-corrected chi connectivity index (χ3v) is 4.31. The summed E-state index contributed by atoms with van der Waals surface area (Å²) in [7, 11) is 0. The molecule has 5 nitrogen and oxygen atoms in total. The molecule has 1 N–H and O–H groups in total. The van der Waals surface area contributed by atoms with Gasteiger partial charge in [0.2, 0.25) is 0 Å². The largest absolute Gasteiger partial charge is 0.440 e. The highest BCUT2D eigenvalue weighted by Gasteiger charge is 2.09. The second-order valence-corrected chi connectivity index (χ2v) is 5.96. The van der Waals surface area contributed by atoms with Crippen LogP contribution in [-0.4, -0.2) is 21.5 Å². The molecule has 0 unspecified atom stereocenters. The first-order valence-electron chi connectivity index (χ1n) is 6.37. The number of oxazole rings is 1. The minimum absolute atomic E-state index is 0.642. The van der Waals surface area contributed by atoms with Crippen molar-refractivity contribution in [1.82, 2.24) is 15.0 Å². The maximum Gasteiger partial charge on any atom is 0.255 e. The Bertz CT molecular complexity index is 681. The van der Waals surface area contributed by atoms with E-state index >= 15 is 0 Å². The zero-order valence-corrected chi connectivity index (χ0v) is 12.6. The van der Waals surface area contributed by atoms with E-state index in [0.717, 1.165) is 34.8 Å². The van der Waals surface area contributed by atoms with Crippen LogP contribution in [0.15, 0.2) is 33.5 Å². The molecule has 3 heterocycles. The van der Waals surface area contributed by atoms with Crippen molar-refractivity contribution < 1.29 is 4.42 Å². The fourth-order valence-electron chi connectivity index (χ4n) is 1.75. The molecule has 0 aliphatic rings. The molecule has 0 radical (unpaired) electrons. The lowest BCUT2D eigenvalue weighted by atomic mass is 10.3. The second kappa shape index (κ2) is 6.23. The summed E-state index contributed by atoms with van der Waals surface area (Å²) in [6, 6.07) is 2.06. The topological polar surface area (TPSA) is 63.8 Å². The summed E-state index contributed by atoms with van der Waals surface area (Å²) in [5.74, 6) is 2.36. The number of hydrogen-bond acceptors (Lipinski definition) is 7. The van der Waals surface area contributed by atoms with Crippen molar-refractivity contribution in [3.63, 3.8) is 0 Å². The Hall–Kier alpha value is -1.60. The third-order valence-electron chi connectivity index (χ3n) is 2.65. The maximum absolute atomic E-state index is 5.21. The summed E-state index contributed by atoms with van der Waals surface area (Å²) < 4.78 is 5.21. The van der Waals surface area contributed by atoms with E-state index in [2.05, 4.69) is 33.3 Å². The number of aromatic nitrogens is 3. The number of hydrogen-bond donors (Lipinski definition) is 1. The van der Waals surface area contributed by atoms with Gasteiger partial charge in [0.15, 0.2) is 0 Å². The average molecular weight is 306 g/mol. The van der Waals surface area contributed by atoms with Crippen molar-refractivity contribution in [3.05, 3.63) is 29.7 Å². The second-order valence-electron chi connectivity index (χ2n) is 4.14. The van der Waals surface area contributed by atoms with Gasteiger partial charge in [0.05, 0.1) is 17.3 Å². The molecule has 0 amide bonds. The van der Waals surface area contributed by atoms with Gasteiger partial charge in [0.25, 0.3) is 5.22 Å². The van der Waals surface area contributed by atoms with Gasteiger partial charge in [0.1, 0.15) is 22.7 Å². The molecule has 0 saturated carbocycles. The van der Waals surface area contributed by atoms with Crippen LogP contribution in [0.1, 0.15) is 19.2 Å². The standard InChI is InChI=1S/C13H14N4OS2/c1-2-4-14-11-9-3-7-19-12(9)17-10(16-11)8-20-13-15-5-6-18-13/h3,5-7H,2,4,8H2,1H3,(H,14,16,17). The van der Waals surface area contributed by atoms with E-state index in [-0.39, 0.29) is 0 Å². The third kappa shape index (κ3) is 2.94. The van der Waals surface area contributed by atoms with E-state index < -0.39 is 0 Å². The Labute approximate surface area is 124 Å². The predicted octanol–water partition coefficient (Wildman–Crippen LogP) is 3.79. The van der Waals surface area contributed by atoms with Gasteiger partial charge in [-0.3, -0.25) is 0 Å². The average Bonchev–Trinajstić information content (AvgIpc) is 3.13. The van der Waals surface area contributed by atoms with Crippen molar-refractivity contribution in [2.24, 2.45) is 0 Å². The Morgan fingerprint density at radius 1 is 1.40 bits per heavy atom. The Kier molecular flexibility index (Phi) is 4.17. The number of thiophene rings is 1. The fraction of sp³-hybridized carbons (Fsp3) is 0.308. The van der Waals surface area contributed by atoms with Gasteiger partial charge in [-0.15, -0.1) is 11.3 Å². The highest BCUT2D eigenvalue weighted by atomic mass is 32.2. The first-order chi connectivity index (χ1) is 9.86. The van der Waals surface area contributed by atoms with Crippen molar-refractivity contribution in [2.45, 2.75) is 24.3 Å². The van der Waals surface area contributed by atoms with Crippen LogP contribution < -0.4 is 5.32 Å². The van der Waals surface area contributed by atoms with Crippen LogP contribution in [0.3, 0.4) is 0 Å². The lowest BCUT2D eigenvalue weighted by Gasteiger charge is -2.07. The van der Waals surface area contributed by atoms with E-state index in [4.69, 9.17) is 4.42 Å². The number of rotatable bonds is 6. The molecular weight excluding hydrogens is 292 g/mol. The Balaban J connectivity index is 1.83. The number of nitrogens with one attached hydrogen (secondary N) is 1. The lowest BCUT2D eigenvalue weighted by molar-refractivity contribution is 0.454. The van der Waals surface area contributed by atoms with Crippen molar-refractivity contribution in [2.75, 3.05) is 11.9 Å². The number of fused-ring (bicyclic) bond motifs is 1. The van der Waals surface area contributed by atoms with Crippen LogP contribution in [0.25, 0.3) is 10.2 Å². The molecule has 0 spiro atoms. The molecule has 104 valence electrons. The van der Waals surface area contributed by atoms with E-state index in [0.29, 0.717) is 11.0 Å². The van der Waals surface area contributed by atoms with Gasteiger partial charge < -0.3 is 9.73 Å². The van der Waals surface area contributed by atoms with Gasteiger partial charge in [-0.05, 0) is 17.9 Å². The predicted molar refractivity (Wildman–Crippen MR) is 82.3 cm³/mol. The molecule has 3 aromatic heterocycles. The first kappa shape index (κ1) is 13.4. The molecule has 0 bridgehead atoms. The summed E-state index contributed by atoms with van der Waals surface area (Å²) >= 11 is 3.13. The first-order valence-corrected chi connectivity index (χ1v) is 8.23. The molecule has 3 aromatic rings. The van der Waals surface area contributed by atoms with E-state index in [1.165, 1.54) is 11.8 Å². The van der Waals surface area contributed by atoms with Crippen molar-refractivity contribution >= 4 is 39.1 Å². The SMILES string of the molecule is CCCNc1nc(CSc2ncco2)nc2sccc12. The maximum atomic E-state index is 5.21. The van der Waals surface area contributed by atoms with Gasteiger partial charge in [-0.1, -0.05) is 18.7 Å². The summed E-state index contributed by atoms with van der Waals surface area (Å²) in [6.07, 6.45) is 4.27. The molecule has 0 aliphatic heterocycles. The van der Waals surface area contributed by atoms with Crippen LogP contribution in [0.5, 0.6) is 0 Å². The van der Waals surface area contributed by atoms with Gasteiger partial charge in [-0.2, -0.15) is 0 Å². The minimum Gasteiger partial charge on any atom is -0.440 e. The monoisotopic (exact) mass is 306 g/mol. The molecular formula is C13H14N4OS2. The van der Waals surface area contributed by atoms with E-state index in [1.54, 1.807) is 23.8 Å². The van der Waals surface area contributed by atoms with Crippen LogP contribution >= 0.6 is 23.1 Å². The molecule has 0 saturated heterocycles. The quantitative estimate of drug-likeness (QED) is 0.699. The molecule has 0 fully saturated rings. The van der Waals surface area contributed by atoms with Crippen LogP contribution in [0, 0.1) is 0 Å². The fourth-order valence-corrected chi connectivity index (χ4v) is 3.17. The van der Waals surface area contributed by atoms with E-state index in [9.17, 15) is 0 Å². The number of nitrogens with zero attached hydrogens (tertiary/aromatic N) is 3. The van der Waals surface area contributed by atoms with Gasteiger partial charge in [-0.25, -0.2) is 15.0 Å². The molecule has 0 atom stereocenters. The zero-order chi connectivity index (χ0) is 13.8. The molecule has 0 aliphatic carbocycles. The highest BCUT2D eigenvalue weighted by Crippen LogP contribution is 2.27. The summed E-state index contributed by atoms with van der Waals surface area (Å²) in [6.45, 7) is 3.05. The van der Waals surface area contributed by atoms with Crippen LogP contribution in [0.4, 0.5) is 5.82 Å². The number of anilines is 1. The molecule has 20 heavy (non-hydrogen) atoms. The van der Waals surface area contributed by atoms with Crippen LogP contribution in [0.2, 0.25) is 0 Å². The van der Waals surface area contributed by atoms with Crippen LogP contribution in [-0.2, 0) is 5.75 Å². The Morgan fingerprint density at radius 3 is 3.15 bits per heavy atom. The minimum atomic E-state index is 0.642. The highest BCUT2D eigenvalue weighted by molar-refractivity contribution is 7.98. The molecule has 3 rings (SSSR count). The molecule has 7 heteroatoms. The summed E-state index contributed by atoms with van der Waals surface area (Å²) in [4.78, 5) is 14.3. The van der Waals surface area contributed by atoms with Crippen molar-refractivity contribution in [1.29, 1.82) is 0 Å². The molecule has 0 aromatic carbocycles. The smallest absolute Gasteiger partial charge is 0.255 e. The van der Waals surface area contributed by atoms with Crippen molar-refractivity contribution in [3.8, 4) is 0 Å².